The number of hydrogen-bond acceptors (Lipinski definition) is 5. The summed E-state index contributed by atoms with van der Waals surface area (Å²) in [5.41, 5.74) is 6.27. The molecule has 0 bridgehead atoms. The van der Waals surface area contributed by atoms with E-state index in [-0.39, 0.29) is 17.6 Å². The largest absolute Gasteiger partial charge is 0.390 e. The summed E-state index contributed by atoms with van der Waals surface area (Å²) in [6.07, 6.45) is 5.92. The summed E-state index contributed by atoms with van der Waals surface area (Å²) in [4.78, 5) is 29.0. The zero-order valence-corrected chi connectivity index (χ0v) is 16.7. The van der Waals surface area contributed by atoms with E-state index in [1.807, 2.05) is 35.0 Å². The van der Waals surface area contributed by atoms with E-state index in [0.717, 1.165) is 37.9 Å². The zero-order valence-electron chi connectivity index (χ0n) is 16.7. The van der Waals surface area contributed by atoms with E-state index < -0.39 is 0 Å². The molecule has 1 unspecified atom stereocenters. The summed E-state index contributed by atoms with van der Waals surface area (Å²) < 4.78 is 13.0. The van der Waals surface area contributed by atoms with E-state index in [0.29, 0.717) is 24.7 Å². The topological polar surface area (TPSA) is 87.7 Å². The fraction of sp³-hybridized carbons (Fsp3) is 0.429. The highest BCUT2D eigenvalue weighted by Crippen LogP contribution is 2.24. The van der Waals surface area contributed by atoms with Crippen molar-refractivity contribution in [1.29, 1.82) is 0 Å². The Hall–Kier alpha value is -3.03. The second-order valence-electron chi connectivity index (χ2n) is 7.22. The molecule has 1 saturated heterocycles. The van der Waals surface area contributed by atoms with Gasteiger partial charge in [0.1, 0.15) is 11.6 Å². The van der Waals surface area contributed by atoms with Crippen LogP contribution in [0, 0.1) is 11.7 Å². The average Bonchev–Trinajstić information content (AvgIpc) is 3.07. The molecule has 0 aromatic carbocycles. The molecule has 3 heterocycles. The highest BCUT2D eigenvalue weighted by atomic mass is 19.1. The number of anilines is 1. The van der Waals surface area contributed by atoms with Gasteiger partial charge in [0.25, 0.3) is 0 Å². The quantitative estimate of drug-likeness (QED) is 0.518. The minimum absolute atomic E-state index is 0.0782. The van der Waals surface area contributed by atoms with Crippen molar-refractivity contribution in [1.82, 2.24) is 14.9 Å². The third-order valence-corrected chi connectivity index (χ3v) is 5.20. The number of pyridine rings is 2. The van der Waals surface area contributed by atoms with Crippen molar-refractivity contribution in [2.45, 2.75) is 25.7 Å². The molecule has 2 aromatic heterocycles. The molecule has 1 amide bonds. The van der Waals surface area contributed by atoms with Crippen molar-refractivity contribution in [3.63, 3.8) is 0 Å². The Kier molecular flexibility index (Phi) is 7.10. The predicted octanol–water partition coefficient (Wildman–Crippen LogP) is 2.54. The fourth-order valence-electron chi connectivity index (χ4n) is 3.56. The second-order valence-corrected chi connectivity index (χ2v) is 7.22. The smallest absolute Gasteiger partial charge is 0.225 e. The van der Waals surface area contributed by atoms with Crippen LogP contribution >= 0.6 is 0 Å². The monoisotopic (exact) mass is 398 g/mol. The van der Waals surface area contributed by atoms with Gasteiger partial charge in [-0.05, 0) is 49.9 Å². The third kappa shape index (κ3) is 5.73. The van der Waals surface area contributed by atoms with Crippen LogP contribution in [0.2, 0.25) is 0 Å². The molecule has 1 fully saturated rings. The molecule has 154 valence electrons. The number of aromatic nitrogens is 2. The number of likely N-dealkylation sites (tertiary alicyclic amines) is 1. The Morgan fingerprint density at radius 1 is 1.38 bits per heavy atom. The van der Waals surface area contributed by atoms with E-state index in [1.165, 1.54) is 18.6 Å². The van der Waals surface area contributed by atoms with Crippen molar-refractivity contribution >= 4 is 23.9 Å². The number of aliphatic imine (C=N–C) groups is 1. The van der Waals surface area contributed by atoms with Crippen LogP contribution in [0.1, 0.15) is 25.0 Å². The Balaban J connectivity index is 1.42. The van der Waals surface area contributed by atoms with Gasteiger partial charge in [-0.3, -0.25) is 4.79 Å². The number of halogens is 1. The van der Waals surface area contributed by atoms with Gasteiger partial charge in [-0.1, -0.05) is 6.07 Å². The molecule has 1 atom stereocenters. The lowest BCUT2D eigenvalue weighted by Gasteiger charge is -2.23. The molecule has 0 aliphatic carbocycles. The number of aryl methyl sites for hydroxylation is 1. The highest BCUT2D eigenvalue weighted by molar-refractivity contribution is 5.80. The lowest BCUT2D eigenvalue weighted by Crippen LogP contribution is -2.35. The van der Waals surface area contributed by atoms with Gasteiger partial charge in [0, 0.05) is 38.3 Å². The Labute approximate surface area is 170 Å². The number of likely N-dealkylation sites (N-methyl/N-ethyl adjacent to an activating group) is 1. The molecular formula is C21H27FN6O. The van der Waals surface area contributed by atoms with Gasteiger partial charge in [-0.15, -0.1) is 0 Å². The molecule has 2 N–H and O–H groups in total. The van der Waals surface area contributed by atoms with E-state index >= 15 is 0 Å². The Morgan fingerprint density at radius 3 is 3.00 bits per heavy atom. The number of carbonyl (C=O) groups is 1. The van der Waals surface area contributed by atoms with Crippen molar-refractivity contribution in [3.05, 3.63) is 48.0 Å². The summed E-state index contributed by atoms with van der Waals surface area (Å²) in [7, 11) is 1.90. The van der Waals surface area contributed by atoms with Crippen LogP contribution in [-0.2, 0) is 11.2 Å². The number of hydrogen-bond donors (Lipinski definition) is 1. The first-order valence-corrected chi connectivity index (χ1v) is 9.88. The molecule has 0 saturated carbocycles. The summed E-state index contributed by atoms with van der Waals surface area (Å²) in [6, 6.07) is 8.73. The second kappa shape index (κ2) is 9.95. The van der Waals surface area contributed by atoms with E-state index in [2.05, 4.69) is 15.0 Å². The van der Waals surface area contributed by atoms with Crippen molar-refractivity contribution in [3.8, 4) is 0 Å². The first-order chi connectivity index (χ1) is 14.1. The molecule has 2 aromatic rings. The molecule has 0 spiro atoms. The highest BCUT2D eigenvalue weighted by Gasteiger charge is 2.30. The molecule has 7 nitrogen and oxygen atoms in total. The van der Waals surface area contributed by atoms with Crippen LogP contribution in [0.3, 0.4) is 0 Å². The normalized spacial score (nSPS) is 16.7. The van der Waals surface area contributed by atoms with Gasteiger partial charge in [0.05, 0.1) is 12.5 Å². The SMILES string of the molecule is CN(CCN1CCC(CCCc2cccc(/N=C\N)n2)C1=O)c1ccc(F)cn1. The van der Waals surface area contributed by atoms with Gasteiger partial charge in [-0.25, -0.2) is 19.4 Å². The Bertz CT molecular complexity index is 841. The lowest BCUT2D eigenvalue weighted by molar-refractivity contribution is -0.131. The van der Waals surface area contributed by atoms with Gasteiger partial charge in [-0.2, -0.15) is 0 Å². The van der Waals surface area contributed by atoms with Crippen LogP contribution in [0.15, 0.2) is 41.5 Å². The van der Waals surface area contributed by atoms with Crippen molar-refractivity contribution < 1.29 is 9.18 Å². The summed E-state index contributed by atoms with van der Waals surface area (Å²) in [5, 5.41) is 0. The van der Waals surface area contributed by atoms with Crippen LogP contribution < -0.4 is 10.6 Å². The van der Waals surface area contributed by atoms with Gasteiger partial charge >= 0.3 is 0 Å². The van der Waals surface area contributed by atoms with Crippen LogP contribution in [0.5, 0.6) is 0 Å². The van der Waals surface area contributed by atoms with Crippen LogP contribution in [0.4, 0.5) is 16.0 Å². The van der Waals surface area contributed by atoms with Crippen molar-refractivity contribution in [2.24, 2.45) is 16.6 Å². The molecule has 1 aliphatic rings. The molecule has 1 aliphatic heterocycles. The van der Waals surface area contributed by atoms with Gasteiger partial charge < -0.3 is 15.5 Å². The maximum atomic E-state index is 13.0. The molecule has 3 rings (SSSR count). The minimum atomic E-state index is -0.353. The summed E-state index contributed by atoms with van der Waals surface area (Å²) >= 11 is 0. The maximum Gasteiger partial charge on any atom is 0.225 e. The average molecular weight is 398 g/mol. The van der Waals surface area contributed by atoms with E-state index in [9.17, 15) is 9.18 Å². The van der Waals surface area contributed by atoms with E-state index in [4.69, 9.17) is 5.73 Å². The van der Waals surface area contributed by atoms with Crippen LogP contribution in [-0.4, -0.2) is 53.8 Å². The van der Waals surface area contributed by atoms with Crippen molar-refractivity contribution in [2.75, 3.05) is 31.6 Å². The van der Waals surface area contributed by atoms with E-state index in [1.54, 1.807) is 6.07 Å². The molecule has 29 heavy (non-hydrogen) atoms. The fourth-order valence-corrected chi connectivity index (χ4v) is 3.56. The Morgan fingerprint density at radius 2 is 2.24 bits per heavy atom. The van der Waals surface area contributed by atoms with Crippen LogP contribution in [0.25, 0.3) is 0 Å². The van der Waals surface area contributed by atoms with Gasteiger partial charge in [0.15, 0.2) is 5.82 Å². The number of nitrogens with zero attached hydrogens (tertiary/aromatic N) is 5. The molecule has 0 radical (unpaired) electrons. The summed E-state index contributed by atoms with van der Waals surface area (Å²) in [6.45, 7) is 2.09. The number of rotatable bonds is 9. The first kappa shape index (κ1) is 20.7. The number of carbonyl (C=O) groups excluding carboxylic acids is 1. The number of amides is 1. The molecular weight excluding hydrogens is 371 g/mol. The number of nitrogens with two attached hydrogens (primary N) is 1. The standard InChI is InChI=1S/C21H27FN6O/c1-27(20-9-8-17(22)14-24-20)12-13-28-11-10-16(21(28)29)4-2-5-18-6-3-7-19(26-18)25-15-23/h3,6-9,14-16H,2,4-5,10-13H2,1H3,(H2,23,25,26). The van der Waals surface area contributed by atoms with Gasteiger partial charge in [0.2, 0.25) is 5.91 Å². The first-order valence-electron chi connectivity index (χ1n) is 9.88. The summed E-state index contributed by atoms with van der Waals surface area (Å²) in [5.74, 6) is 1.25. The third-order valence-electron chi connectivity index (χ3n) is 5.20. The minimum Gasteiger partial charge on any atom is -0.390 e. The maximum absolute atomic E-state index is 13.0. The molecule has 8 heteroatoms. The predicted molar refractivity (Wildman–Crippen MR) is 112 cm³/mol. The zero-order chi connectivity index (χ0) is 20.6. The lowest BCUT2D eigenvalue weighted by atomic mass is 10.00.